The molecule has 0 atom stereocenters. The largest absolute Gasteiger partial charge is 0.461 e. The van der Waals surface area contributed by atoms with E-state index < -0.39 is 11.9 Å². The molecular weight excluding hydrogens is 312 g/mol. The van der Waals surface area contributed by atoms with Crippen molar-refractivity contribution in [2.75, 3.05) is 6.61 Å². The van der Waals surface area contributed by atoms with E-state index in [0.717, 1.165) is 10.6 Å². The molecule has 0 radical (unpaired) electrons. The van der Waals surface area contributed by atoms with Crippen LogP contribution in [-0.4, -0.2) is 23.5 Å². The van der Waals surface area contributed by atoms with Crippen molar-refractivity contribution in [3.05, 3.63) is 40.4 Å². The standard InChI is InChI=1S/C14H13ClN2O3S/c15-10-5-3-9(4-6-10)13-17-8-11(21-13)14(19)20-7-1-2-12(16)18/h3-6,8H,1-2,7H2,(H2,16,18). The van der Waals surface area contributed by atoms with Gasteiger partial charge < -0.3 is 10.5 Å². The fourth-order valence-electron chi connectivity index (χ4n) is 1.58. The van der Waals surface area contributed by atoms with E-state index in [1.54, 1.807) is 12.1 Å². The van der Waals surface area contributed by atoms with Gasteiger partial charge in [0.1, 0.15) is 9.88 Å². The average molecular weight is 325 g/mol. The van der Waals surface area contributed by atoms with Crippen LogP contribution in [-0.2, 0) is 9.53 Å². The maximum absolute atomic E-state index is 11.8. The second kappa shape index (κ2) is 7.19. The Morgan fingerprint density at radius 3 is 2.67 bits per heavy atom. The van der Waals surface area contributed by atoms with Gasteiger partial charge in [-0.15, -0.1) is 11.3 Å². The van der Waals surface area contributed by atoms with Crippen LogP contribution >= 0.6 is 22.9 Å². The number of rotatable bonds is 6. The van der Waals surface area contributed by atoms with E-state index in [4.69, 9.17) is 22.1 Å². The predicted molar refractivity (Wildman–Crippen MR) is 81.3 cm³/mol. The SMILES string of the molecule is NC(=O)CCCOC(=O)c1cnc(-c2ccc(Cl)cc2)s1. The van der Waals surface area contributed by atoms with Crippen molar-refractivity contribution in [2.45, 2.75) is 12.8 Å². The number of amides is 1. The van der Waals surface area contributed by atoms with Gasteiger partial charge in [0, 0.05) is 17.0 Å². The molecule has 21 heavy (non-hydrogen) atoms. The minimum atomic E-state index is -0.447. The molecule has 2 N–H and O–H groups in total. The monoisotopic (exact) mass is 324 g/mol. The first-order valence-corrected chi connectivity index (χ1v) is 7.43. The van der Waals surface area contributed by atoms with Gasteiger partial charge in [0.05, 0.1) is 12.8 Å². The van der Waals surface area contributed by atoms with Crippen molar-refractivity contribution in [1.82, 2.24) is 4.98 Å². The number of esters is 1. The summed E-state index contributed by atoms with van der Waals surface area (Å²) < 4.78 is 5.05. The minimum absolute atomic E-state index is 0.163. The lowest BCUT2D eigenvalue weighted by Crippen LogP contribution is -2.12. The van der Waals surface area contributed by atoms with Gasteiger partial charge in [0.2, 0.25) is 5.91 Å². The molecule has 0 aliphatic heterocycles. The highest BCUT2D eigenvalue weighted by Crippen LogP contribution is 2.26. The van der Waals surface area contributed by atoms with Gasteiger partial charge in [0.25, 0.3) is 0 Å². The molecule has 0 saturated carbocycles. The molecule has 1 aromatic heterocycles. The van der Waals surface area contributed by atoms with Gasteiger partial charge in [-0.3, -0.25) is 4.79 Å². The van der Waals surface area contributed by atoms with Crippen LogP contribution in [0.5, 0.6) is 0 Å². The lowest BCUT2D eigenvalue weighted by Gasteiger charge is -2.01. The van der Waals surface area contributed by atoms with Gasteiger partial charge in [-0.05, 0) is 18.6 Å². The number of aromatic nitrogens is 1. The molecule has 2 rings (SSSR count). The molecule has 1 aromatic carbocycles. The lowest BCUT2D eigenvalue weighted by molar-refractivity contribution is -0.118. The molecular formula is C14H13ClN2O3S. The van der Waals surface area contributed by atoms with Crippen LogP contribution in [0.15, 0.2) is 30.5 Å². The Labute approximate surface area is 130 Å². The van der Waals surface area contributed by atoms with E-state index in [1.807, 2.05) is 12.1 Å². The van der Waals surface area contributed by atoms with Gasteiger partial charge >= 0.3 is 5.97 Å². The summed E-state index contributed by atoms with van der Waals surface area (Å²) in [7, 11) is 0. The summed E-state index contributed by atoms with van der Waals surface area (Å²) in [6, 6.07) is 7.20. The van der Waals surface area contributed by atoms with Crippen LogP contribution in [0.4, 0.5) is 0 Å². The number of nitrogens with two attached hydrogens (primary N) is 1. The van der Waals surface area contributed by atoms with Gasteiger partial charge in [-0.1, -0.05) is 23.7 Å². The molecule has 0 spiro atoms. The second-order valence-electron chi connectivity index (χ2n) is 4.24. The summed E-state index contributed by atoms with van der Waals surface area (Å²) in [6.45, 7) is 0.163. The Balaban J connectivity index is 1.94. The molecule has 2 aromatic rings. The van der Waals surface area contributed by atoms with Gasteiger partial charge in [-0.2, -0.15) is 0 Å². The molecule has 0 aliphatic rings. The third-order valence-corrected chi connectivity index (χ3v) is 3.88. The fourth-order valence-corrected chi connectivity index (χ4v) is 2.52. The molecule has 110 valence electrons. The van der Waals surface area contributed by atoms with Crippen molar-refractivity contribution in [2.24, 2.45) is 5.73 Å². The summed E-state index contributed by atoms with van der Waals surface area (Å²) in [5.41, 5.74) is 5.89. The van der Waals surface area contributed by atoms with E-state index in [-0.39, 0.29) is 13.0 Å². The van der Waals surface area contributed by atoms with Crippen LogP contribution in [0.1, 0.15) is 22.5 Å². The van der Waals surface area contributed by atoms with Crippen LogP contribution < -0.4 is 5.73 Å². The molecule has 0 saturated heterocycles. The highest BCUT2D eigenvalue weighted by molar-refractivity contribution is 7.16. The maximum Gasteiger partial charge on any atom is 0.349 e. The number of benzene rings is 1. The van der Waals surface area contributed by atoms with Crippen molar-refractivity contribution >= 4 is 34.8 Å². The first-order chi connectivity index (χ1) is 10.1. The highest BCUT2D eigenvalue weighted by Gasteiger charge is 2.13. The maximum atomic E-state index is 11.8. The summed E-state index contributed by atoms with van der Waals surface area (Å²) in [6.07, 6.45) is 2.10. The van der Waals surface area contributed by atoms with E-state index in [1.165, 1.54) is 17.5 Å². The normalized spacial score (nSPS) is 10.3. The van der Waals surface area contributed by atoms with E-state index in [0.29, 0.717) is 16.3 Å². The molecule has 0 aliphatic carbocycles. The smallest absolute Gasteiger partial charge is 0.349 e. The van der Waals surface area contributed by atoms with Gasteiger partial charge in [0.15, 0.2) is 0 Å². The minimum Gasteiger partial charge on any atom is -0.461 e. The Morgan fingerprint density at radius 2 is 2.00 bits per heavy atom. The average Bonchev–Trinajstić information content (AvgIpc) is 2.94. The number of hydrogen-bond donors (Lipinski definition) is 1. The number of hydrogen-bond acceptors (Lipinski definition) is 5. The quantitative estimate of drug-likeness (QED) is 0.654. The van der Waals surface area contributed by atoms with Crippen LogP contribution in [0.25, 0.3) is 10.6 Å². The first kappa shape index (κ1) is 15.5. The fraction of sp³-hybridized carbons (Fsp3) is 0.214. The number of thiazole rings is 1. The highest BCUT2D eigenvalue weighted by atomic mass is 35.5. The Bertz CT molecular complexity index is 640. The molecule has 1 amide bonds. The Hall–Kier alpha value is -1.92. The van der Waals surface area contributed by atoms with E-state index >= 15 is 0 Å². The zero-order chi connectivity index (χ0) is 15.2. The molecule has 7 heteroatoms. The molecule has 0 fully saturated rings. The van der Waals surface area contributed by atoms with Crippen molar-refractivity contribution in [1.29, 1.82) is 0 Å². The summed E-state index contributed by atoms with van der Waals surface area (Å²) in [5.74, 6) is -0.856. The molecule has 0 unspecified atom stereocenters. The number of nitrogens with zero attached hydrogens (tertiary/aromatic N) is 1. The predicted octanol–water partition coefficient (Wildman–Crippen LogP) is 2.89. The van der Waals surface area contributed by atoms with Gasteiger partial charge in [-0.25, -0.2) is 9.78 Å². The Kier molecular flexibility index (Phi) is 5.30. The third kappa shape index (κ3) is 4.54. The third-order valence-electron chi connectivity index (χ3n) is 2.60. The topological polar surface area (TPSA) is 82.3 Å². The zero-order valence-corrected chi connectivity index (χ0v) is 12.6. The number of carbonyl (C=O) groups excluding carboxylic acids is 2. The van der Waals surface area contributed by atoms with E-state index in [2.05, 4.69) is 4.98 Å². The number of ether oxygens (including phenoxy) is 1. The lowest BCUT2D eigenvalue weighted by atomic mass is 10.2. The van der Waals surface area contributed by atoms with Crippen molar-refractivity contribution < 1.29 is 14.3 Å². The van der Waals surface area contributed by atoms with Crippen LogP contribution in [0.3, 0.4) is 0 Å². The van der Waals surface area contributed by atoms with Crippen LogP contribution in [0, 0.1) is 0 Å². The molecule has 1 heterocycles. The first-order valence-electron chi connectivity index (χ1n) is 6.23. The molecule has 5 nitrogen and oxygen atoms in total. The number of halogens is 1. The van der Waals surface area contributed by atoms with Crippen molar-refractivity contribution in [3.8, 4) is 10.6 Å². The second-order valence-corrected chi connectivity index (χ2v) is 5.71. The van der Waals surface area contributed by atoms with E-state index in [9.17, 15) is 9.59 Å². The number of primary amides is 1. The zero-order valence-electron chi connectivity index (χ0n) is 11.0. The Morgan fingerprint density at radius 1 is 1.29 bits per heavy atom. The summed E-state index contributed by atoms with van der Waals surface area (Å²) in [5, 5.41) is 1.36. The molecule has 0 bridgehead atoms. The van der Waals surface area contributed by atoms with Crippen molar-refractivity contribution in [3.63, 3.8) is 0 Å². The summed E-state index contributed by atoms with van der Waals surface area (Å²) >= 11 is 7.07. The van der Waals surface area contributed by atoms with Crippen LogP contribution in [0.2, 0.25) is 5.02 Å². The number of carbonyl (C=O) groups is 2. The summed E-state index contributed by atoms with van der Waals surface area (Å²) in [4.78, 5) is 27.0.